The van der Waals surface area contributed by atoms with Crippen molar-refractivity contribution in [1.29, 1.82) is 0 Å². The van der Waals surface area contributed by atoms with Crippen molar-refractivity contribution in [2.24, 2.45) is 11.8 Å². The van der Waals surface area contributed by atoms with E-state index in [9.17, 15) is 18.0 Å². The van der Waals surface area contributed by atoms with Crippen LogP contribution >= 0.6 is 15.9 Å². The summed E-state index contributed by atoms with van der Waals surface area (Å²) >= 11 is 3.15. The highest BCUT2D eigenvalue weighted by molar-refractivity contribution is 9.10. The molecule has 2 nitrogen and oxygen atoms in total. The molecule has 0 bridgehead atoms. The molecule has 6 heteroatoms. The lowest BCUT2D eigenvalue weighted by atomic mass is 9.78. The minimum atomic E-state index is -4.21. The quantitative estimate of drug-likeness (QED) is 0.744. The number of ketones is 1. The third kappa shape index (κ3) is 2.79. The lowest BCUT2D eigenvalue weighted by Crippen LogP contribution is -2.31. The first-order valence-corrected chi connectivity index (χ1v) is 6.53. The van der Waals surface area contributed by atoms with Crippen LogP contribution < -0.4 is 0 Å². The zero-order valence-electron chi connectivity index (χ0n) is 9.47. The van der Waals surface area contributed by atoms with Crippen molar-refractivity contribution in [3.05, 3.63) is 22.6 Å². The first kappa shape index (κ1) is 13.6. The van der Waals surface area contributed by atoms with Crippen molar-refractivity contribution in [2.45, 2.75) is 31.9 Å². The Morgan fingerprint density at radius 1 is 1.39 bits per heavy atom. The molecule has 1 aromatic rings. The number of halogens is 4. The number of furan rings is 1. The van der Waals surface area contributed by atoms with E-state index in [-0.39, 0.29) is 24.4 Å². The highest BCUT2D eigenvalue weighted by atomic mass is 79.9. The summed E-state index contributed by atoms with van der Waals surface area (Å²) < 4.78 is 43.5. The van der Waals surface area contributed by atoms with E-state index in [0.717, 1.165) is 0 Å². The smallest absolute Gasteiger partial charge is 0.391 e. The molecule has 2 rings (SSSR count). The predicted molar refractivity (Wildman–Crippen MR) is 62.2 cm³/mol. The third-order valence-electron chi connectivity index (χ3n) is 3.35. The van der Waals surface area contributed by atoms with Gasteiger partial charge in [-0.2, -0.15) is 13.2 Å². The topological polar surface area (TPSA) is 30.2 Å². The van der Waals surface area contributed by atoms with Crippen molar-refractivity contribution in [3.63, 3.8) is 0 Å². The molecule has 1 aliphatic carbocycles. The van der Waals surface area contributed by atoms with Gasteiger partial charge in [-0.15, -0.1) is 0 Å². The Kier molecular flexibility index (Phi) is 3.84. The van der Waals surface area contributed by atoms with Crippen molar-refractivity contribution in [2.75, 3.05) is 0 Å². The molecule has 1 heterocycles. The number of hydrogen-bond acceptors (Lipinski definition) is 2. The number of hydrogen-bond donors (Lipinski definition) is 0. The highest BCUT2D eigenvalue weighted by Gasteiger charge is 2.44. The summed E-state index contributed by atoms with van der Waals surface area (Å²) in [6.07, 6.45) is -1.94. The summed E-state index contributed by atoms with van der Waals surface area (Å²) in [6.45, 7) is 0. The Morgan fingerprint density at radius 3 is 2.67 bits per heavy atom. The van der Waals surface area contributed by atoms with Crippen molar-refractivity contribution in [3.8, 4) is 0 Å². The van der Waals surface area contributed by atoms with Crippen LogP contribution in [0.5, 0.6) is 0 Å². The molecule has 0 saturated heterocycles. The molecular weight excluding hydrogens is 313 g/mol. The van der Waals surface area contributed by atoms with E-state index >= 15 is 0 Å². The molecule has 0 N–H and O–H groups in total. The van der Waals surface area contributed by atoms with Gasteiger partial charge in [-0.25, -0.2) is 0 Å². The van der Waals surface area contributed by atoms with Gasteiger partial charge in [0.15, 0.2) is 5.76 Å². The summed E-state index contributed by atoms with van der Waals surface area (Å²) in [5.74, 6) is -2.16. The fraction of sp³-hybridized carbons (Fsp3) is 0.583. The number of Topliss-reactive ketones (excluding diaryl/α,β-unsaturated/α-hetero) is 1. The molecule has 2 unspecified atom stereocenters. The first-order valence-electron chi connectivity index (χ1n) is 5.73. The number of carbonyl (C=O) groups excluding carboxylic acids is 1. The van der Waals surface area contributed by atoms with Crippen LogP contribution in [0.4, 0.5) is 13.2 Å². The summed E-state index contributed by atoms with van der Waals surface area (Å²) in [5, 5.41) is 0. The van der Waals surface area contributed by atoms with Gasteiger partial charge in [-0.05, 0) is 41.3 Å². The number of rotatable bonds is 2. The Balaban J connectivity index is 2.10. The van der Waals surface area contributed by atoms with E-state index < -0.39 is 18.0 Å². The molecule has 1 saturated carbocycles. The van der Waals surface area contributed by atoms with Crippen LogP contribution in [0.25, 0.3) is 0 Å². The SMILES string of the molecule is O=C(c1occc1Br)C1CCCC(C(F)(F)F)C1. The molecule has 0 spiro atoms. The van der Waals surface area contributed by atoms with Gasteiger partial charge < -0.3 is 4.42 Å². The van der Waals surface area contributed by atoms with Gasteiger partial charge >= 0.3 is 6.18 Å². The van der Waals surface area contributed by atoms with Gasteiger partial charge in [0.2, 0.25) is 5.78 Å². The Bertz CT molecular complexity index is 439. The van der Waals surface area contributed by atoms with Crippen LogP contribution in [0.3, 0.4) is 0 Å². The van der Waals surface area contributed by atoms with Crippen LogP contribution in [0.2, 0.25) is 0 Å². The van der Waals surface area contributed by atoms with E-state index in [1.807, 2.05) is 0 Å². The van der Waals surface area contributed by atoms with Crippen LogP contribution in [0.15, 0.2) is 21.2 Å². The van der Waals surface area contributed by atoms with Gasteiger partial charge in [0.05, 0.1) is 16.7 Å². The highest BCUT2D eigenvalue weighted by Crippen LogP contribution is 2.41. The average molecular weight is 325 g/mol. The average Bonchev–Trinajstić information content (AvgIpc) is 2.73. The zero-order valence-corrected chi connectivity index (χ0v) is 11.1. The minimum Gasteiger partial charge on any atom is -0.460 e. The lowest BCUT2D eigenvalue weighted by Gasteiger charge is -2.29. The molecule has 18 heavy (non-hydrogen) atoms. The lowest BCUT2D eigenvalue weighted by molar-refractivity contribution is -0.184. The molecule has 0 aromatic carbocycles. The molecule has 0 aliphatic heterocycles. The second kappa shape index (κ2) is 5.07. The van der Waals surface area contributed by atoms with E-state index in [1.165, 1.54) is 6.26 Å². The van der Waals surface area contributed by atoms with Crippen LogP contribution in [-0.4, -0.2) is 12.0 Å². The maximum Gasteiger partial charge on any atom is 0.391 e. The Labute approximate surface area is 111 Å². The zero-order chi connectivity index (χ0) is 13.3. The fourth-order valence-electron chi connectivity index (χ4n) is 2.38. The second-order valence-electron chi connectivity index (χ2n) is 4.56. The molecule has 1 fully saturated rings. The van der Waals surface area contributed by atoms with Gasteiger partial charge in [-0.1, -0.05) is 6.42 Å². The van der Waals surface area contributed by atoms with Crippen LogP contribution in [-0.2, 0) is 0 Å². The maximum atomic E-state index is 12.7. The van der Waals surface area contributed by atoms with E-state index in [2.05, 4.69) is 15.9 Å². The molecule has 0 radical (unpaired) electrons. The summed E-state index contributed by atoms with van der Waals surface area (Å²) in [7, 11) is 0. The largest absolute Gasteiger partial charge is 0.460 e. The van der Waals surface area contributed by atoms with Crippen LogP contribution in [0.1, 0.15) is 36.2 Å². The van der Waals surface area contributed by atoms with Gasteiger partial charge in [0, 0.05) is 5.92 Å². The fourth-order valence-corrected chi connectivity index (χ4v) is 2.78. The molecule has 1 aliphatic rings. The van der Waals surface area contributed by atoms with Gasteiger partial charge in [-0.3, -0.25) is 4.79 Å². The summed E-state index contributed by atoms with van der Waals surface area (Å²) in [6, 6.07) is 1.57. The molecule has 100 valence electrons. The summed E-state index contributed by atoms with van der Waals surface area (Å²) in [4.78, 5) is 12.1. The van der Waals surface area contributed by atoms with E-state index in [1.54, 1.807) is 6.07 Å². The molecule has 0 amide bonds. The number of carbonyl (C=O) groups is 1. The van der Waals surface area contributed by atoms with Gasteiger partial charge in [0.1, 0.15) is 0 Å². The Hall–Kier alpha value is -0.780. The molecule has 1 aromatic heterocycles. The standard InChI is InChI=1S/C12H12BrF3O2/c13-9-4-5-18-11(9)10(17)7-2-1-3-8(6-7)12(14,15)16/h4-5,7-8H,1-3,6H2. The van der Waals surface area contributed by atoms with Crippen molar-refractivity contribution in [1.82, 2.24) is 0 Å². The number of alkyl halides is 3. The third-order valence-corrected chi connectivity index (χ3v) is 3.97. The minimum absolute atomic E-state index is 0.118. The van der Waals surface area contributed by atoms with Crippen molar-refractivity contribution < 1.29 is 22.4 Å². The van der Waals surface area contributed by atoms with Crippen LogP contribution in [0, 0.1) is 11.8 Å². The maximum absolute atomic E-state index is 12.7. The molecular formula is C12H12BrF3O2. The van der Waals surface area contributed by atoms with E-state index in [0.29, 0.717) is 17.3 Å². The second-order valence-corrected chi connectivity index (χ2v) is 5.42. The normalized spacial score (nSPS) is 25.1. The monoisotopic (exact) mass is 324 g/mol. The van der Waals surface area contributed by atoms with E-state index in [4.69, 9.17) is 4.42 Å². The molecule has 2 atom stereocenters. The summed E-state index contributed by atoms with van der Waals surface area (Å²) in [5.41, 5.74) is 0. The first-order chi connectivity index (χ1) is 8.39. The Morgan fingerprint density at radius 2 is 2.11 bits per heavy atom. The van der Waals surface area contributed by atoms with Gasteiger partial charge in [0.25, 0.3) is 0 Å². The van der Waals surface area contributed by atoms with Crippen molar-refractivity contribution >= 4 is 21.7 Å². The predicted octanol–water partition coefficient (Wildman–Crippen LogP) is 4.59.